The van der Waals surface area contributed by atoms with Gasteiger partial charge in [0, 0.05) is 10.4 Å². The van der Waals surface area contributed by atoms with E-state index in [0.29, 0.717) is 0 Å². The van der Waals surface area contributed by atoms with Crippen molar-refractivity contribution in [1.29, 1.82) is 0 Å². The molecule has 20 heavy (non-hydrogen) atoms. The molecule has 0 saturated carbocycles. The van der Waals surface area contributed by atoms with Gasteiger partial charge in [0.05, 0.1) is 0 Å². The minimum Gasteiger partial charge on any atom is -0.759 e. The van der Waals surface area contributed by atoms with Crippen LogP contribution in [-0.4, -0.2) is 27.4 Å². The summed E-state index contributed by atoms with van der Waals surface area (Å²) in [6.07, 6.45) is -1.86. The molecule has 0 unspecified atom stereocenters. The normalized spacial score (nSPS) is 9.35. The zero-order chi connectivity index (χ0) is 14.3. The van der Waals surface area contributed by atoms with E-state index < -0.39 is 26.4 Å². The van der Waals surface area contributed by atoms with Crippen LogP contribution in [0, 0.1) is 20.2 Å². The van der Waals surface area contributed by atoms with Gasteiger partial charge in [0.15, 0.2) is 0 Å². The van der Waals surface area contributed by atoms with Crippen molar-refractivity contribution in [2.24, 2.45) is 0 Å². The Labute approximate surface area is 158 Å². The van der Waals surface area contributed by atoms with E-state index in [9.17, 15) is 20.2 Å². The van der Waals surface area contributed by atoms with Gasteiger partial charge >= 0.3 is 65.3 Å². The van der Waals surface area contributed by atoms with Crippen molar-refractivity contribution in [3.05, 3.63) is 56.1 Å². The van der Waals surface area contributed by atoms with Crippen molar-refractivity contribution in [3.63, 3.8) is 0 Å². The Hall–Kier alpha value is -0.110. The third-order valence-electron chi connectivity index (χ3n) is 1.50. The van der Waals surface area contributed by atoms with Crippen molar-refractivity contribution < 1.29 is 86.5 Å². The molecule has 100 valence electrons. The third-order valence-corrected chi connectivity index (χ3v) is 1.50. The quantitative estimate of drug-likeness (QED) is 0.132. The van der Waals surface area contributed by atoms with Crippen LogP contribution in [0.15, 0.2) is 30.3 Å². The van der Waals surface area contributed by atoms with Gasteiger partial charge in [-0.05, 0) is 12.1 Å². The van der Waals surface area contributed by atoms with E-state index in [2.05, 4.69) is 0 Å². The molecule has 0 spiro atoms. The van der Waals surface area contributed by atoms with Crippen LogP contribution >= 0.6 is 0 Å². The van der Waals surface area contributed by atoms with E-state index in [1.54, 1.807) is 6.07 Å². The minimum atomic E-state index is -5.17. The molecule has 0 amide bonds. The number of hydrogen-bond donors (Lipinski definition) is 0. The maximum atomic E-state index is 10.3. The summed E-state index contributed by atoms with van der Waals surface area (Å²) in [6, 6.07) is 7.40. The molecule has 1 rings (SSSR count). The second-order valence-corrected chi connectivity index (χ2v) is 3.58. The number of nitro groups is 2. The summed E-state index contributed by atoms with van der Waals surface area (Å²) in [7, 11) is -5.17. The van der Waals surface area contributed by atoms with Crippen LogP contribution in [0.25, 0.3) is 0 Å². The van der Waals surface area contributed by atoms with E-state index in [-0.39, 0.29) is 64.7 Å². The van der Waals surface area contributed by atoms with Crippen LogP contribution in [0.2, 0.25) is 0 Å². The van der Waals surface area contributed by atoms with E-state index in [1.807, 2.05) is 0 Å². The molecular weight excluding hydrogens is 318 g/mol. The van der Waals surface area contributed by atoms with Gasteiger partial charge in [-0.1, -0.05) is 18.2 Å². The second-order valence-electron chi connectivity index (χ2n) is 2.76. The summed E-state index contributed by atoms with van der Waals surface area (Å²) in [5, 5.41) is 20.6. The predicted octanol–water partition coefficient (Wildman–Crippen LogP) is -6.09. The number of hydrogen-bond acceptors (Lipinski definition) is 8. The molecule has 0 N–H and O–H groups in total. The van der Waals surface area contributed by atoms with Crippen LogP contribution in [-0.2, 0) is 10.4 Å². The molecule has 0 saturated heterocycles. The van der Waals surface area contributed by atoms with Crippen molar-refractivity contribution in [2.75, 3.05) is 0 Å². The summed E-state index contributed by atoms with van der Waals surface area (Å²) in [5.41, 5.74) is 0.0810. The van der Waals surface area contributed by atoms with E-state index in [0.717, 1.165) is 0 Å². The van der Waals surface area contributed by atoms with Crippen LogP contribution in [0.5, 0.6) is 0 Å². The molecule has 0 bridgehead atoms. The second kappa shape index (κ2) is 11.5. The Balaban J connectivity index is -0.000000361. The fourth-order valence-electron chi connectivity index (χ4n) is 0.946. The summed E-state index contributed by atoms with van der Waals surface area (Å²) in [4.78, 5) is 18.8. The smallest absolute Gasteiger partial charge is 0.759 e. The van der Waals surface area contributed by atoms with Crippen molar-refractivity contribution in [1.82, 2.24) is 0 Å². The molecule has 0 fully saturated rings. The molecule has 13 heteroatoms. The summed E-state index contributed by atoms with van der Waals surface area (Å²) >= 11 is 0. The van der Waals surface area contributed by atoms with E-state index >= 15 is 0 Å². The summed E-state index contributed by atoms with van der Waals surface area (Å²) in [6.45, 7) is 0. The topological polar surface area (TPSA) is 167 Å². The fourth-order valence-corrected chi connectivity index (χ4v) is 0.946. The molecule has 10 nitrogen and oxygen atoms in total. The molecule has 0 atom stereocenters. The van der Waals surface area contributed by atoms with Crippen LogP contribution < -0.4 is 59.1 Å². The Morgan fingerprint density at radius 2 is 1.20 bits per heavy atom. The van der Waals surface area contributed by atoms with Crippen LogP contribution in [0.3, 0.4) is 0 Å². The van der Waals surface area contributed by atoms with Crippen molar-refractivity contribution >= 4 is 10.4 Å². The molecule has 0 aromatic heterocycles. The average molecular weight is 324 g/mol. The van der Waals surface area contributed by atoms with Crippen molar-refractivity contribution in [3.8, 4) is 0 Å². The van der Waals surface area contributed by atoms with Gasteiger partial charge in [0.25, 0.3) is 0 Å². The summed E-state index contributed by atoms with van der Waals surface area (Å²) < 4.78 is 34.1. The zero-order valence-electron chi connectivity index (χ0n) is 10.5. The Kier molecular flexibility index (Phi) is 14.4. The Morgan fingerprint density at radius 3 is 1.45 bits per heavy atom. The van der Waals surface area contributed by atoms with E-state index in [4.69, 9.17) is 17.5 Å². The largest absolute Gasteiger partial charge is 1.00 e. The molecule has 0 heterocycles. The van der Waals surface area contributed by atoms with Gasteiger partial charge < -0.3 is 9.11 Å². The first-order chi connectivity index (χ1) is 8.13. The maximum Gasteiger partial charge on any atom is 1.00 e. The Bertz CT molecular complexity index is 501. The zero-order valence-corrected chi connectivity index (χ0v) is 15.3. The SMILES string of the molecule is O=S(=O)([O-])[O-].O=[N+]([O-])C(c1ccccc1)[N+](=O)[O-].[Na+].[Na+]. The van der Waals surface area contributed by atoms with Gasteiger partial charge in [-0.3, -0.25) is 28.6 Å². The molecule has 0 radical (unpaired) electrons. The van der Waals surface area contributed by atoms with Crippen molar-refractivity contribution in [2.45, 2.75) is 6.17 Å². The number of nitrogens with zero attached hydrogens (tertiary/aromatic N) is 2. The first kappa shape index (κ1) is 24.9. The fraction of sp³-hybridized carbons (Fsp3) is 0.143. The van der Waals surface area contributed by atoms with Gasteiger partial charge in [-0.15, -0.1) is 0 Å². The van der Waals surface area contributed by atoms with Gasteiger partial charge in [0.2, 0.25) is 0 Å². The molecule has 0 aliphatic carbocycles. The van der Waals surface area contributed by atoms with Crippen LogP contribution in [0.1, 0.15) is 11.7 Å². The molecule has 1 aromatic rings. The monoisotopic (exact) mass is 324 g/mol. The average Bonchev–Trinajstić information content (AvgIpc) is 2.15. The third kappa shape index (κ3) is 12.9. The Morgan fingerprint density at radius 1 is 0.900 bits per heavy atom. The minimum absolute atomic E-state index is 0. The number of rotatable bonds is 3. The first-order valence-electron chi connectivity index (χ1n) is 4.11. The molecule has 1 aromatic carbocycles. The predicted molar refractivity (Wildman–Crippen MR) is 53.6 cm³/mol. The first-order valence-corrected chi connectivity index (χ1v) is 5.45. The van der Waals surface area contributed by atoms with Gasteiger partial charge in [-0.2, -0.15) is 0 Å². The van der Waals surface area contributed by atoms with Crippen LogP contribution in [0.4, 0.5) is 0 Å². The van der Waals surface area contributed by atoms with Gasteiger partial charge in [-0.25, -0.2) is 0 Å². The van der Waals surface area contributed by atoms with Gasteiger partial charge in [0.1, 0.15) is 15.4 Å². The molecule has 0 aliphatic heterocycles. The van der Waals surface area contributed by atoms with E-state index in [1.165, 1.54) is 24.3 Å². The standard InChI is InChI=1S/C7H6N2O4.2Na.H2O4S/c10-8(11)7(9(12)13)6-4-2-1-3-5-6;;;1-5(2,3)4/h1-5,7H;;;(H2,1,2,3,4)/q;2*+1;/p-2. The molecule has 0 aliphatic rings. The summed E-state index contributed by atoms with van der Waals surface area (Å²) in [5.74, 6) is 0. The maximum absolute atomic E-state index is 10.3. The number of benzene rings is 1. The molecular formula is C7H6N2Na2O8S.